The number of nitrogens with zero attached hydrogens (tertiary/aromatic N) is 1. The van der Waals surface area contributed by atoms with Crippen molar-refractivity contribution in [1.82, 2.24) is 0 Å². The topological polar surface area (TPSA) is 52.4 Å². The molecule has 20 heavy (non-hydrogen) atoms. The summed E-state index contributed by atoms with van der Waals surface area (Å²) in [6.07, 6.45) is 0. The summed E-state index contributed by atoms with van der Waals surface area (Å²) in [5.74, 6) is 0.660. The van der Waals surface area contributed by atoms with E-state index in [-0.39, 0.29) is 12.3 Å². The lowest BCUT2D eigenvalue weighted by molar-refractivity contribution is -0.385. The van der Waals surface area contributed by atoms with Gasteiger partial charge in [0.15, 0.2) is 0 Å². The standard InChI is InChI=1S/C14H11Br2NO3/c1-9-2-5-14(12(16)6-9)20-8-10-3-4-11(15)7-13(10)17(18)19/h2-7H,8H2,1H3. The lowest BCUT2D eigenvalue weighted by Crippen LogP contribution is -2.01. The first-order chi connectivity index (χ1) is 9.47. The van der Waals surface area contributed by atoms with E-state index in [0.717, 1.165) is 10.0 Å². The number of benzene rings is 2. The molecule has 2 aromatic carbocycles. The minimum absolute atomic E-state index is 0.0441. The first-order valence-electron chi connectivity index (χ1n) is 5.79. The molecular weight excluding hydrogens is 390 g/mol. The van der Waals surface area contributed by atoms with Crippen LogP contribution in [0.2, 0.25) is 0 Å². The van der Waals surface area contributed by atoms with Crippen molar-refractivity contribution in [3.8, 4) is 5.75 Å². The lowest BCUT2D eigenvalue weighted by atomic mass is 10.2. The maximum Gasteiger partial charge on any atom is 0.277 e. The van der Waals surface area contributed by atoms with Crippen molar-refractivity contribution < 1.29 is 9.66 Å². The highest BCUT2D eigenvalue weighted by Gasteiger charge is 2.15. The Morgan fingerprint density at radius 1 is 1.20 bits per heavy atom. The molecule has 0 unspecified atom stereocenters. The number of hydrogen-bond acceptors (Lipinski definition) is 3. The summed E-state index contributed by atoms with van der Waals surface area (Å²) in [7, 11) is 0. The maximum atomic E-state index is 11.0. The van der Waals surface area contributed by atoms with Crippen molar-refractivity contribution in [1.29, 1.82) is 0 Å². The third-order valence-corrected chi connectivity index (χ3v) is 3.83. The van der Waals surface area contributed by atoms with Gasteiger partial charge in [0.05, 0.1) is 15.0 Å². The molecule has 0 spiro atoms. The Labute approximate surface area is 133 Å². The number of aryl methyl sites for hydroxylation is 1. The van der Waals surface area contributed by atoms with Crippen molar-refractivity contribution in [2.45, 2.75) is 13.5 Å². The smallest absolute Gasteiger partial charge is 0.277 e. The van der Waals surface area contributed by atoms with Gasteiger partial charge >= 0.3 is 0 Å². The third-order valence-electron chi connectivity index (χ3n) is 2.71. The van der Waals surface area contributed by atoms with Gasteiger partial charge in [-0.2, -0.15) is 0 Å². The SMILES string of the molecule is Cc1ccc(OCc2ccc(Br)cc2[N+](=O)[O-])c(Br)c1. The van der Waals surface area contributed by atoms with Gasteiger partial charge in [-0.05, 0) is 52.7 Å². The largest absolute Gasteiger partial charge is 0.487 e. The summed E-state index contributed by atoms with van der Waals surface area (Å²) in [6.45, 7) is 2.12. The predicted molar refractivity (Wildman–Crippen MR) is 84.0 cm³/mol. The summed E-state index contributed by atoms with van der Waals surface area (Å²) in [6, 6.07) is 10.6. The molecule has 0 aliphatic rings. The molecule has 0 atom stereocenters. The number of hydrogen-bond donors (Lipinski definition) is 0. The molecule has 104 valence electrons. The van der Waals surface area contributed by atoms with Crippen molar-refractivity contribution in [3.05, 3.63) is 66.6 Å². The highest BCUT2D eigenvalue weighted by Crippen LogP contribution is 2.29. The van der Waals surface area contributed by atoms with Crippen molar-refractivity contribution in [2.75, 3.05) is 0 Å². The van der Waals surface area contributed by atoms with Gasteiger partial charge < -0.3 is 4.74 Å². The van der Waals surface area contributed by atoms with Gasteiger partial charge in [-0.1, -0.05) is 22.0 Å². The zero-order valence-electron chi connectivity index (χ0n) is 10.6. The second-order valence-electron chi connectivity index (χ2n) is 4.25. The van der Waals surface area contributed by atoms with Crippen LogP contribution in [0.3, 0.4) is 0 Å². The van der Waals surface area contributed by atoms with Gasteiger partial charge in [-0.15, -0.1) is 0 Å². The number of ether oxygens (including phenoxy) is 1. The summed E-state index contributed by atoms with van der Waals surface area (Å²) in [5, 5.41) is 11.0. The summed E-state index contributed by atoms with van der Waals surface area (Å²) >= 11 is 6.64. The average molecular weight is 401 g/mol. The van der Waals surface area contributed by atoms with E-state index in [1.165, 1.54) is 6.07 Å². The van der Waals surface area contributed by atoms with E-state index in [2.05, 4.69) is 31.9 Å². The van der Waals surface area contributed by atoms with Crippen LogP contribution in [0.1, 0.15) is 11.1 Å². The summed E-state index contributed by atoms with van der Waals surface area (Å²) in [5.41, 5.74) is 1.69. The second kappa shape index (κ2) is 6.37. The maximum absolute atomic E-state index is 11.0. The molecule has 0 heterocycles. The van der Waals surface area contributed by atoms with E-state index in [9.17, 15) is 10.1 Å². The summed E-state index contributed by atoms with van der Waals surface area (Å²) < 4.78 is 7.14. The van der Waals surface area contributed by atoms with Crippen LogP contribution in [0.25, 0.3) is 0 Å². The van der Waals surface area contributed by atoms with E-state index < -0.39 is 4.92 Å². The van der Waals surface area contributed by atoms with Crippen LogP contribution in [-0.4, -0.2) is 4.92 Å². The Morgan fingerprint density at radius 2 is 1.95 bits per heavy atom. The molecule has 0 aromatic heterocycles. The minimum Gasteiger partial charge on any atom is -0.487 e. The van der Waals surface area contributed by atoms with Gasteiger partial charge in [-0.3, -0.25) is 10.1 Å². The Bertz CT molecular complexity index is 659. The van der Waals surface area contributed by atoms with Gasteiger partial charge in [0, 0.05) is 10.5 Å². The Kier molecular flexibility index (Phi) is 4.77. The Morgan fingerprint density at radius 3 is 2.60 bits per heavy atom. The number of rotatable bonds is 4. The van der Waals surface area contributed by atoms with E-state index in [1.54, 1.807) is 12.1 Å². The number of nitro benzene ring substituents is 1. The quantitative estimate of drug-likeness (QED) is 0.535. The molecule has 0 saturated heterocycles. The molecule has 0 amide bonds. The van der Waals surface area contributed by atoms with Crippen LogP contribution >= 0.6 is 31.9 Å². The molecule has 2 rings (SSSR count). The number of halogens is 2. The molecule has 0 saturated carbocycles. The molecule has 0 radical (unpaired) electrons. The fourth-order valence-corrected chi connectivity index (χ4v) is 2.66. The Balaban J connectivity index is 2.20. The molecule has 0 fully saturated rings. The van der Waals surface area contributed by atoms with Crippen molar-refractivity contribution in [2.24, 2.45) is 0 Å². The Hall–Kier alpha value is -1.40. The fourth-order valence-electron chi connectivity index (χ4n) is 1.71. The van der Waals surface area contributed by atoms with Gasteiger partial charge in [0.1, 0.15) is 12.4 Å². The molecule has 0 aliphatic heterocycles. The molecule has 0 N–H and O–H groups in total. The monoisotopic (exact) mass is 399 g/mol. The van der Waals surface area contributed by atoms with Crippen molar-refractivity contribution in [3.63, 3.8) is 0 Å². The minimum atomic E-state index is -0.409. The van der Waals surface area contributed by atoms with Crippen molar-refractivity contribution >= 4 is 37.5 Å². The highest BCUT2D eigenvalue weighted by atomic mass is 79.9. The molecule has 2 aromatic rings. The molecule has 6 heteroatoms. The van der Waals surface area contributed by atoms with Gasteiger partial charge in [0.2, 0.25) is 0 Å². The fraction of sp³-hybridized carbons (Fsp3) is 0.143. The van der Waals surface area contributed by atoms with E-state index in [1.807, 2.05) is 25.1 Å². The van der Waals surface area contributed by atoms with Crippen LogP contribution < -0.4 is 4.74 Å². The van der Waals surface area contributed by atoms with Crippen LogP contribution in [0.5, 0.6) is 5.75 Å². The zero-order chi connectivity index (χ0) is 14.7. The van der Waals surface area contributed by atoms with Gasteiger partial charge in [0.25, 0.3) is 5.69 Å². The van der Waals surface area contributed by atoms with E-state index in [0.29, 0.717) is 15.8 Å². The third kappa shape index (κ3) is 3.58. The zero-order valence-corrected chi connectivity index (χ0v) is 13.8. The second-order valence-corrected chi connectivity index (χ2v) is 6.02. The summed E-state index contributed by atoms with van der Waals surface area (Å²) in [4.78, 5) is 10.6. The lowest BCUT2D eigenvalue weighted by Gasteiger charge is -2.09. The van der Waals surface area contributed by atoms with E-state index >= 15 is 0 Å². The van der Waals surface area contributed by atoms with Crippen LogP contribution in [-0.2, 0) is 6.61 Å². The van der Waals surface area contributed by atoms with Crippen LogP contribution in [0, 0.1) is 17.0 Å². The first kappa shape index (κ1) is 15.0. The normalized spacial score (nSPS) is 10.3. The number of nitro groups is 1. The van der Waals surface area contributed by atoms with Crippen LogP contribution in [0.4, 0.5) is 5.69 Å². The molecular formula is C14H11Br2NO3. The molecule has 0 bridgehead atoms. The van der Waals surface area contributed by atoms with Crippen LogP contribution in [0.15, 0.2) is 45.3 Å². The predicted octanol–water partition coefficient (Wildman–Crippen LogP) is 5.01. The average Bonchev–Trinajstić information content (AvgIpc) is 2.38. The first-order valence-corrected chi connectivity index (χ1v) is 7.38. The highest BCUT2D eigenvalue weighted by molar-refractivity contribution is 9.10. The van der Waals surface area contributed by atoms with E-state index in [4.69, 9.17) is 4.74 Å². The molecule has 0 aliphatic carbocycles. The van der Waals surface area contributed by atoms with Gasteiger partial charge in [-0.25, -0.2) is 0 Å². The molecule has 4 nitrogen and oxygen atoms in total.